The number of anilines is 2. The van der Waals surface area contributed by atoms with Gasteiger partial charge in [0, 0.05) is 18.5 Å². The quantitative estimate of drug-likeness (QED) is 0.753. The van der Waals surface area contributed by atoms with Crippen molar-refractivity contribution in [1.29, 1.82) is 0 Å². The van der Waals surface area contributed by atoms with E-state index in [1.54, 1.807) is 25.1 Å². The first-order valence-corrected chi connectivity index (χ1v) is 8.34. The number of ether oxygens (including phenoxy) is 1. The van der Waals surface area contributed by atoms with Crippen molar-refractivity contribution in [2.45, 2.75) is 25.9 Å². The number of fused-ring (bicyclic) bond motifs is 2. The summed E-state index contributed by atoms with van der Waals surface area (Å²) in [4.78, 5) is 28.2. The second kappa shape index (κ2) is 6.51. The third kappa shape index (κ3) is 3.23. The van der Waals surface area contributed by atoms with Crippen LogP contribution in [0.5, 0.6) is 5.75 Å². The number of benzene rings is 2. The van der Waals surface area contributed by atoms with E-state index in [1.165, 1.54) is 0 Å². The number of para-hydroxylation sites is 2. The lowest BCUT2D eigenvalue weighted by Crippen LogP contribution is -2.34. The van der Waals surface area contributed by atoms with E-state index in [9.17, 15) is 9.59 Å². The molecule has 26 heavy (non-hydrogen) atoms. The van der Waals surface area contributed by atoms with E-state index in [0.29, 0.717) is 35.0 Å². The fourth-order valence-electron chi connectivity index (χ4n) is 2.76. The van der Waals surface area contributed by atoms with Gasteiger partial charge in [0.25, 0.3) is 5.91 Å². The Morgan fingerprint density at radius 1 is 1.27 bits per heavy atom. The average Bonchev–Trinajstić information content (AvgIpc) is 3.04. The minimum Gasteiger partial charge on any atom is -0.479 e. The maximum atomic E-state index is 12.2. The number of amides is 2. The normalized spacial score (nSPS) is 15.9. The van der Waals surface area contributed by atoms with Crippen LogP contribution in [0, 0.1) is 0 Å². The Labute approximate surface area is 149 Å². The molecule has 0 saturated heterocycles. The molecule has 2 aromatic carbocycles. The largest absolute Gasteiger partial charge is 0.479 e. The topological polar surface area (TPSA) is 93.5 Å². The number of rotatable bonds is 4. The Morgan fingerprint density at radius 3 is 2.96 bits per heavy atom. The van der Waals surface area contributed by atoms with Crippen LogP contribution in [-0.2, 0) is 16.0 Å². The molecular formula is C19H17N3O4. The molecule has 0 radical (unpaired) electrons. The Bertz CT molecular complexity index is 962. The van der Waals surface area contributed by atoms with Gasteiger partial charge in [0.05, 0.1) is 5.69 Å². The summed E-state index contributed by atoms with van der Waals surface area (Å²) in [7, 11) is 0. The highest BCUT2D eigenvalue weighted by atomic mass is 16.5. The maximum Gasteiger partial charge on any atom is 0.265 e. The van der Waals surface area contributed by atoms with Gasteiger partial charge in [-0.15, -0.1) is 0 Å². The van der Waals surface area contributed by atoms with Crippen LogP contribution < -0.4 is 15.4 Å². The van der Waals surface area contributed by atoms with Crippen LogP contribution in [0.15, 0.2) is 46.9 Å². The van der Waals surface area contributed by atoms with Crippen molar-refractivity contribution in [3.05, 3.63) is 48.4 Å². The second-order valence-electron chi connectivity index (χ2n) is 6.08. The first kappa shape index (κ1) is 16.1. The van der Waals surface area contributed by atoms with Gasteiger partial charge < -0.3 is 19.8 Å². The smallest absolute Gasteiger partial charge is 0.265 e. The summed E-state index contributed by atoms with van der Waals surface area (Å²) in [6, 6.07) is 12.6. The Hall–Kier alpha value is -3.35. The van der Waals surface area contributed by atoms with Crippen LogP contribution in [0.4, 0.5) is 11.4 Å². The summed E-state index contributed by atoms with van der Waals surface area (Å²) in [6.45, 7) is 1.68. The molecule has 2 heterocycles. The standard InChI is InChI=1S/C19H17N3O4/c1-11-19(24)22-14-10-12(6-7-16(14)25-11)20-17(23)8-9-18-21-13-4-2-3-5-15(13)26-18/h2-7,10-11H,8-9H2,1H3,(H,20,23)(H,22,24)/t11-/m1/s1. The van der Waals surface area contributed by atoms with Crippen LogP contribution in [0.25, 0.3) is 11.1 Å². The number of hydrogen-bond acceptors (Lipinski definition) is 5. The molecule has 0 saturated carbocycles. The summed E-state index contributed by atoms with van der Waals surface area (Å²) >= 11 is 0. The molecular weight excluding hydrogens is 334 g/mol. The molecule has 1 aromatic heterocycles. The van der Waals surface area contributed by atoms with Gasteiger partial charge in [-0.1, -0.05) is 12.1 Å². The van der Waals surface area contributed by atoms with Gasteiger partial charge in [0.1, 0.15) is 11.3 Å². The molecule has 1 atom stereocenters. The number of aryl methyl sites for hydroxylation is 1. The zero-order chi connectivity index (χ0) is 18.1. The lowest BCUT2D eigenvalue weighted by Gasteiger charge is -2.23. The predicted molar refractivity (Wildman–Crippen MR) is 96.1 cm³/mol. The molecule has 2 N–H and O–H groups in total. The Morgan fingerprint density at radius 2 is 2.12 bits per heavy atom. The van der Waals surface area contributed by atoms with E-state index < -0.39 is 6.10 Å². The number of hydrogen-bond donors (Lipinski definition) is 2. The minimum atomic E-state index is -0.528. The fourth-order valence-corrected chi connectivity index (χ4v) is 2.76. The zero-order valence-electron chi connectivity index (χ0n) is 14.1. The summed E-state index contributed by atoms with van der Waals surface area (Å²) in [5, 5.41) is 5.56. The molecule has 2 amide bonds. The third-order valence-corrected chi connectivity index (χ3v) is 4.10. The van der Waals surface area contributed by atoms with Crippen molar-refractivity contribution in [2.24, 2.45) is 0 Å². The monoisotopic (exact) mass is 351 g/mol. The van der Waals surface area contributed by atoms with E-state index in [0.717, 1.165) is 5.52 Å². The number of aromatic nitrogens is 1. The first-order valence-electron chi connectivity index (χ1n) is 8.34. The van der Waals surface area contributed by atoms with Crippen molar-refractivity contribution >= 4 is 34.3 Å². The van der Waals surface area contributed by atoms with Crippen molar-refractivity contribution in [3.63, 3.8) is 0 Å². The van der Waals surface area contributed by atoms with Gasteiger partial charge in [-0.25, -0.2) is 4.98 Å². The second-order valence-corrected chi connectivity index (χ2v) is 6.08. The molecule has 0 unspecified atom stereocenters. The Balaban J connectivity index is 1.39. The van der Waals surface area contributed by atoms with Gasteiger partial charge in [0.15, 0.2) is 17.6 Å². The summed E-state index contributed by atoms with van der Waals surface area (Å²) < 4.78 is 11.1. The fraction of sp³-hybridized carbons (Fsp3) is 0.211. The van der Waals surface area contributed by atoms with E-state index >= 15 is 0 Å². The summed E-state index contributed by atoms with van der Waals surface area (Å²) in [6.07, 6.45) is 0.117. The number of carbonyl (C=O) groups is 2. The lowest BCUT2D eigenvalue weighted by molar-refractivity contribution is -0.122. The molecule has 7 nitrogen and oxygen atoms in total. The molecule has 3 aromatic rings. The van der Waals surface area contributed by atoms with Gasteiger partial charge >= 0.3 is 0 Å². The molecule has 0 bridgehead atoms. The van der Waals surface area contributed by atoms with Crippen LogP contribution in [0.3, 0.4) is 0 Å². The average molecular weight is 351 g/mol. The van der Waals surface area contributed by atoms with Crippen molar-refractivity contribution in [3.8, 4) is 5.75 Å². The highest BCUT2D eigenvalue weighted by Crippen LogP contribution is 2.32. The van der Waals surface area contributed by atoms with Crippen LogP contribution in [0.1, 0.15) is 19.2 Å². The van der Waals surface area contributed by atoms with Gasteiger partial charge in [0.2, 0.25) is 5.91 Å². The van der Waals surface area contributed by atoms with Crippen molar-refractivity contribution in [1.82, 2.24) is 4.98 Å². The van der Waals surface area contributed by atoms with E-state index in [-0.39, 0.29) is 18.2 Å². The maximum absolute atomic E-state index is 12.2. The molecule has 0 aliphatic carbocycles. The van der Waals surface area contributed by atoms with E-state index in [2.05, 4.69) is 15.6 Å². The van der Waals surface area contributed by atoms with Crippen LogP contribution in [0.2, 0.25) is 0 Å². The molecule has 4 rings (SSSR count). The summed E-state index contributed by atoms with van der Waals surface area (Å²) in [5.41, 5.74) is 2.62. The zero-order valence-corrected chi connectivity index (χ0v) is 14.1. The first-order chi connectivity index (χ1) is 12.6. The number of nitrogens with one attached hydrogen (secondary N) is 2. The molecule has 1 aliphatic rings. The van der Waals surface area contributed by atoms with E-state index in [1.807, 2.05) is 24.3 Å². The van der Waals surface area contributed by atoms with Gasteiger partial charge in [-0.2, -0.15) is 0 Å². The van der Waals surface area contributed by atoms with E-state index in [4.69, 9.17) is 9.15 Å². The Kier molecular flexibility index (Phi) is 4.04. The van der Waals surface area contributed by atoms with Crippen LogP contribution >= 0.6 is 0 Å². The highest BCUT2D eigenvalue weighted by molar-refractivity contribution is 5.99. The highest BCUT2D eigenvalue weighted by Gasteiger charge is 2.23. The number of nitrogens with zero attached hydrogens (tertiary/aromatic N) is 1. The molecule has 1 aliphatic heterocycles. The van der Waals surface area contributed by atoms with Crippen molar-refractivity contribution < 1.29 is 18.7 Å². The van der Waals surface area contributed by atoms with Gasteiger partial charge in [-0.3, -0.25) is 9.59 Å². The SMILES string of the molecule is C[C@H]1Oc2ccc(NC(=O)CCc3nc4ccccc4o3)cc2NC1=O. The number of carbonyl (C=O) groups excluding carboxylic acids is 2. The predicted octanol–water partition coefficient (Wildman–Crippen LogP) is 3.12. The van der Waals surface area contributed by atoms with Crippen LogP contribution in [-0.4, -0.2) is 22.9 Å². The molecule has 0 fully saturated rings. The number of oxazole rings is 1. The minimum absolute atomic E-state index is 0.163. The lowest BCUT2D eigenvalue weighted by atomic mass is 10.2. The molecule has 132 valence electrons. The third-order valence-electron chi connectivity index (χ3n) is 4.10. The van der Waals surface area contributed by atoms with Gasteiger partial charge in [-0.05, 0) is 37.3 Å². The van der Waals surface area contributed by atoms with Crippen molar-refractivity contribution in [2.75, 3.05) is 10.6 Å². The summed E-state index contributed by atoms with van der Waals surface area (Å²) in [5.74, 6) is 0.739. The molecule has 0 spiro atoms. The molecule has 7 heteroatoms.